The van der Waals surface area contributed by atoms with Gasteiger partial charge in [-0.25, -0.2) is 0 Å². The van der Waals surface area contributed by atoms with Crippen molar-refractivity contribution in [3.05, 3.63) is 187 Å². The Bertz CT molecular complexity index is 2690. The maximum atomic E-state index is 6.45. The normalized spacial score (nSPS) is 11.6. The highest BCUT2D eigenvalue weighted by Gasteiger charge is 2.25. The lowest BCUT2D eigenvalue weighted by Crippen LogP contribution is -2.14. The van der Waals surface area contributed by atoms with Crippen molar-refractivity contribution in [1.82, 2.24) is 0 Å². The number of para-hydroxylation sites is 3. The summed E-state index contributed by atoms with van der Waals surface area (Å²) in [5.74, 6) is 0. The molecule has 0 amide bonds. The molecule has 0 saturated carbocycles. The molecule has 0 N–H and O–H groups in total. The van der Waals surface area contributed by atoms with Crippen LogP contribution in [0.3, 0.4) is 0 Å². The third-order valence-electron chi connectivity index (χ3n) is 9.49. The summed E-state index contributed by atoms with van der Waals surface area (Å²) < 4.78 is 7.63. The number of anilines is 5. The number of rotatable bonds is 8. The minimum atomic E-state index is 0.862. The SMILES string of the molecule is C=C(c1sc2cccc(N(c3ccc4c(c3)oc3ccccc34)c3cccc4ccccc34)c2c1/C=C\C)N(c1ccccc1)c1ccccc1. The van der Waals surface area contributed by atoms with E-state index in [-0.39, 0.29) is 0 Å². The number of hydrogen-bond donors (Lipinski definition) is 0. The molecule has 7 aromatic carbocycles. The molecule has 0 unspecified atom stereocenters. The van der Waals surface area contributed by atoms with Gasteiger partial charge in [0.2, 0.25) is 0 Å². The molecular formula is C47H34N2OS. The lowest BCUT2D eigenvalue weighted by atomic mass is 10.0. The third-order valence-corrected chi connectivity index (χ3v) is 10.7. The van der Waals surface area contributed by atoms with Crippen LogP contribution in [0.25, 0.3) is 54.6 Å². The summed E-state index contributed by atoms with van der Waals surface area (Å²) in [6.07, 6.45) is 4.37. The number of allylic oxidation sites excluding steroid dienone is 1. The molecule has 9 aromatic rings. The smallest absolute Gasteiger partial charge is 0.137 e. The van der Waals surface area contributed by atoms with Gasteiger partial charge in [-0.2, -0.15) is 0 Å². The number of thiophene rings is 1. The maximum absolute atomic E-state index is 6.45. The van der Waals surface area contributed by atoms with Crippen molar-refractivity contribution in [2.75, 3.05) is 9.80 Å². The molecule has 0 saturated heterocycles. The topological polar surface area (TPSA) is 19.6 Å². The molecular weight excluding hydrogens is 641 g/mol. The van der Waals surface area contributed by atoms with Crippen molar-refractivity contribution in [3.8, 4) is 0 Å². The number of benzene rings is 7. The highest BCUT2D eigenvalue weighted by molar-refractivity contribution is 7.20. The molecule has 0 radical (unpaired) electrons. The number of fused-ring (bicyclic) bond motifs is 5. The Morgan fingerprint density at radius 2 is 1.22 bits per heavy atom. The largest absolute Gasteiger partial charge is 0.456 e. The number of hydrogen-bond acceptors (Lipinski definition) is 4. The van der Waals surface area contributed by atoms with E-state index < -0.39 is 0 Å². The van der Waals surface area contributed by atoms with Gasteiger partial charge in [-0.05, 0) is 73.0 Å². The standard InChI is InChI=1S/C47H34N2OS/c1-3-16-40-46-42(26-15-28-45(46)51-47(40)32(2)48(34-19-6-4-7-20-34)35-21-8-5-9-22-35)49(41-25-14-18-33-17-10-11-23-37(33)41)36-29-30-39-38-24-12-13-27-43(38)50-44(39)31-36/h3-31H,2H2,1H3/b16-3-. The minimum absolute atomic E-state index is 0.862. The Kier molecular flexibility index (Phi) is 7.72. The average molecular weight is 675 g/mol. The summed E-state index contributed by atoms with van der Waals surface area (Å²) in [5, 5.41) is 5.77. The molecule has 0 aliphatic rings. The first-order valence-corrected chi connectivity index (χ1v) is 18.0. The Morgan fingerprint density at radius 3 is 1.98 bits per heavy atom. The second-order valence-corrected chi connectivity index (χ2v) is 13.6. The van der Waals surface area contributed by atoms with Crippen LogP contribution in [0.2, 0.25) is 0 Å². The Morgan fingerprint density at radius 1 is 0.588 bits per heavy atom. The molecule has 2 aromatic heterocycles. The van der Waals surface area contributed by atoms with Crippen LogP contribution in [0, 0.1) is 0 Å². The Hall–Kier alpha value is -6.36. The summed E-state index contributed by atoms with van der Waals surface area (Å²) in [7, 11) is 0. The monoisotopic (exact) mass is 674 g/mol. The fraction of sp³-hybridized carbons (Fsp3) is 0.0213. The molecule has 9 rings (SSSR count). The first-order chi connectivity index (χ1) is 25.2. The highest BCUT2D eigenvalue weighted by atomic mass is 32.1. The van der Waals surface area contributed by atoms with E-state index in [4.69, 9.17) is 11.0 Å². The van der Waals surface area contributed by atoms with E-state index in [2.05, 4.69) is 181 Å². The molecule has 3 nitrogen and oxygen atoms in total. The van der Waals surface area contributed by atoms with Crippen LogP contribution in [0.5, 0.6) is 0 Å². The van der Waals surface area contributed by atoms with E-state index in [1.54, 1.807) is 11.3 Å². The quantitative estimate of drug-likeness (QED) is 0.160. The molecule has 2 heterocycles. The number of furan rings is 1. The van der Waals surface area contributed by atoms with Crippen LogP contribution in [0.4, 0.5) is 28.4 Å². The van der Waals surface area contributed by atoms with Crippen LogP contribution in [0.1, 0.15) is 17.4 Å². The molecule has 0 aliphatic heterocycles. The molecule has 0 bridgehead atoms. The highest BCUT2D eigenvalue weighted by Crippen LogP contribution is 2.49. The molecule has 0 aliphatic carbocycles. The van der Waals surface area contributed by atoms with Crippen LogP contribution in [0.15, 0.2) is 181 Å². The van der Waals surface area contributed by atoms with Crippen LogP contribution < -0.4 is 9.80 Å². The van der Waals surface area contributed by atoms with Crippen LogP contribution in [-0.4, -0.2) is 0 Å². The summed E-state index contributed by atoms with van der Waals surface area (Å²) in [4.78, 5) is 5.78. The summed E-state index contributed by atoms with van der Waals surface area (Å²) >= 11 is 1.78. The van der Waals surface area contributed by atoms with Gasteiger partial charge < -0.3 is 14.2 Å². The first kappa shape index (κ1) is 30.7. The van der Waals surface area contributed by atoms with Gasteiger partial charge in [0.15, 0.2) is 0 Å². The minimum Gasteiger partial charge on any atom is -0.456 e. The molecule has 0 atom stereocenters. The Balaban J connectivity index is 1.30. The number of nitrogens with zero attached hydrogens (tertiary/aromatic N) is 2. The molecule has 0 fully saturated rings. The van der Waals surface area contributed by atoms with Gasteiger partial charge in [-0.15, -0.1) is 11.3 Å². The van der Waals surface area contributed by atoms with E-state index in [9.17, 15) is 0 Å². The van der Waals surface area contributed by atoms with E-state index in [1.165, 1.54) is 20.9 Å². The van der Waals surface area contributed by atoms with Crippen molar-refractivity contribution < 1.29 is 4.42 Å². The summed E-state index contributed by atoms with van der Waals surface area (Å²) in [6, 6.07) is 57.6. The van der Waals surface area contributed by atoms with Crippen molar-refractivity contribution in [2.24, 2.45) is 0 Å². The zero-order valence-electron chi connectivity index (χ0n) is 28.2. The fourth-order valence-corrected chi connectivity index (χ4v) is 8.43. The van der Waals surface area contributed by atoms with Crippen LogP contribution in [-0.2, 0) is 0 Å². The van der Waals surface area contributed by atoms with E-state index in [1.807, 2.05) is 12.1 Å². The van der Waals surface area contributed by atoms with Gasteiger partial charge in [0, 0.05) is 54.9 Å². The van der Waals surface area contributed by atoms with Gasteiger partial charge in [0.25, 0.3) is 0 Å². The third kappa shape index (κ3) is 5.29. The van der Waals surface area contributed by atoms with Crippen LogP contribution >= 0.6 is 11.3 Å². The summed E-state index contributed by atoms with van der Waals surface area (Å²) in [6.45, 7) is 6.87. The molecule has 244 valence electrons. The fourth-order valence-electron chi connectivity index (χ4n) is 7.26. The lowest BCUT2D eigenvalue weighted by Gasteiger charge is -2.28. The van der Waals surface area contributed by atoms with Gasteiger partial charge in [0.05, 0.1) is 21.9 Å². The van der Waals surface area contributed by atoms with E-state index >= 15 is 0 Å². The first-order valence-electron chi connectivity index (χ1n) is 17.2. The van der Waals surface area contributed by atoms with E-state index in [0.29, 0.717) is 0 Å². The summed E-state index contributed by atoms with van der Waals surface area (Å²) in [5.41, 5.74) is 9.17. The predicted molar refractivity (Wildman–Crippen MR) is 220 cm³/mol. The van der Waals surface area contributed by atoms with Crippen molar-refractivity contribution in [1.29, 1.82) is 0 Å². The second kappa shape index (κ2) is 12.8. The van der Waals surface area contributed by atoms with Crippen molar-refractivity contribution >= 4 is 94.3 Å². The predicted octanol–water partition coefficient (Wildman–Crippen LogP) is 14.3. The Labute approximate surface area is 301 Å². The lowest BCUT2D eigenvalue weighted by molar-refractivity contribution is 0.669. The van der Waals surface area contributed by atoms with Gasteiger partial charge in [0.1, 0.15) is 11.2 Å². The zero-order valence-corrected chi connectivity index (χ0v) is 29.0. The van der Waals surface area contributed by atoms with E-state index in [0.717, 1.165) is 66.5 Å². The maximum Gasteiger partial charge on any atom is 0.137 e. The van der Waals surface area contributed by atoms with Gasteiger partial charge >= 0.3 is 0 Å². The van der Waals surface area contributed by atoms with Crippen molar-refractivity contribution in [3.63, 3.8) is 0 Å². The molecule has 0 spiro atoms. The molecule has 4 heteroatoms. The van der Waals surface area contributed by atoms with Crippen molar-refractivity contribution in [2.45, 2.75) is 6.92 Å². The average Bonchev–Trinajstić information content (AvgIpc) is 3.75. The second-order valence-electron chi connectivity index (χ2n) is 12.6. The van der Waals surface area contributed by atoms with Gasteiger partial charge in [-0.3, -0.25) is 0 Å². The van der Waals surface area contributed by atoms with Gasteiger partial charge in [-0.1, -0.05) is 116 Å². The zero-order chi connectivity index (χ0) is 34.3. The molecule has 51 heavy (non-hydrogen) atoms.